The maximum atomic E-state index is 12.3. The summed E-state index contributed by atoms with van der Waals surface area (Å²) in [5, 5.41) is 2.86. The molecule has 0 saturated heterocycles. The van der Waals surface area contributed by atoms with Crippen molar-refractivity contribution in [2.75, 3.05) is 30.5 Å². The summed E-state index contributed by atoms with van der Waals surface area (Å²) in [7, 11) is -3.51. The Kier molecular flexibility index (Phi) is 7.04. The molecular weight excluding hydrogens is 408 g/mol. The first-order valence-electron chi connectivity index (χ1n) is 9.73. The number of ether oxygens (including phenoxy) is 3. The predicted octanol–water partition coefficient (Wildman–Crippen LogP) is 2.68. The smallest absolute Gasteiger partial charge is 0.232 e. The molecule has 0 unspecified atom stereocenters. The molecule has 0 atom stereocenters. The van der Waals surface area contributed by atoms with Crippen LogP contribution in [0.1, 0.15) is 25.3 Å². The zero-order chi connectivity index (χ0) is 21.6. The Morgan fingerprint density at radius 2 is 1.93 bits per heavy atom. The van der Waals surface area contributed by atoms with Crippen molar-refractivity contribution in [2.45, 2.75) is 26.3 Å². The number of carbonyl (C=O) groups is 1. The highest BCUT2D eigenvalue weighted by molar-refractivity contribution is 7.92. The second-order valence-corrected chi connectivity index (χ2v) is 8.70. The topological polar surface area (TPSA) is 94.2 Å². The second kappa shape index (κ2) is 9.71. The van der Waals surface area contributed by atoms with Gasteiger partial charge in [0, 0.05) is 31.1 Å². The zero-order valence-corrected chi connectivity index (χ0v) is 17.9. The van der Waals surface area contributed by atoms with Gasteiger partial charge in [0.15, 0.2) is 11.5 Å². The van der Waals surface area contributed by atoms with Crippen molar-refractivity contribution in [1.82, 2.24) is 5.32 Å². The van der Waals surface area contributed by atoms with E-state index in [0.29, 0.717) is 36.8 Å². The van der Waals surface area contributed by atoms with Gasteiger partial charge in [0.05, 0.1) is 18.6 Å². The number of hydrogen-bond acceptors (Lipinski definition) is 6. The number of carbonyl (C=O) groups excluding carboxylic acids is 1. The Morgan fingerprint density at radius 3 is 2.70 bits per heavy atom. The van der Waals surface area contributed by atoms with E-state index in [4.69, 9.17) is 14.2 Å². The van der Waals surface area contributed by atoms with E-state index in [1.807, 2.05) is 31.2 Å². The van der Waals surface area contributed by atoms with Gasteiger partial charge < -0.3 is 19.5 Å². The summed E-state index contributed by atoms with van der Waals surface area (Å²) < 4.78 is 41.9. The molecule has 1 N–H and O–H groups in total. The number of sulfonamides is 1. The molecule has 9 heteroatoms. The average Bonchev–Trinajstić information content (AvgIpc) is 3.17. The van der Waals surface area contributed by atoms with Crippen LogP contribution < -0.4 is 23.8 Å². The molecule has 0 aromatic heterocycles. The van der Waals surface area contributed by atoms with E-state index in [0.717, 1.165) is 17.6 Å². The summed E-state index contributed by atoms with van der Waals surface area (Å²) in [5.41, 5.74) is 1.37. The van der Waals surface area contributed by atoms with E-state index >= 15 is 0 Å². The van der Waals surface area contributed by atoms with Crippen molar-refractivity contribution in [3.8, 4) is 17.2 Å². The predicted molar refractivity (Wildman–Crippen MR) is 113 cm³/mol. The van der Waals surface area contributed by atoms with Gasteiger partial charge in [0.1, 0.15) is 5.75 Å². The molecule has 2 aromatic rings. The van der Waals surface area contributed by atoms with Gasteiger partial charge >= 0.3 is 0 Å². The Labute approximate surface area is 176 Å². The Morgan fingerprint density at radius 1 is 1.17 bits per heavy atom. The first kappa shape index (κ1) is 21.8. The number of amides is 1. The van der Waals surface area contributed by atoms with Gasteiger partial charge in [-0.1, -0.05) is 18.2 Å². The number of fused-ring (bicyclic) bond motifs is 1. The average molecular weight is 435 g/mol. The van der Waals surface area contributed by atoms with Gasteiger partial charge in [0.2, 0.25) is 22.7 Å². The van der Waals surface area contributed by atoms with Crippen LogP contribution in [-0.2, 0) is 21.4 Å². The van der Waals surface area contributed by atoms with E-state index in [9.17, 15) is 13.2 Å². The fraction of sp³-hybridized carbons (Fsp3) is 0.381. The number of anilines is 1. The van der Waals surface area contributed by atoms with Gasteiger partial charge in [0.25, 0.3) is 0 Å². The standard InChI is InChI=1S/C21H26N2O6S/c1-3-27-18-8-5-4-7-16(18)14-22-21(24)9-6-12-23(30(2,25)26)17-10-11-19-20(13-17)29-15-28-19/h4-5,7-8,10-11,13H,3,6,9,12,14-15H2,1-2H3,(H,22,24). The molecule has 0 saturated carbocycles. The lowest BCUT2D eigenvalue weighted by atomic mass is 10.2. The van der Waals surface area contributed by atoms with Crippen LogP contribution in [0.15, 0.2) is 42.5 Å². The molecule has 0 bridgehead atoms. The third-order valence-corrected chi connectivity index (χ3v) is 5.75. The second-order valence-electron chi connectivity index (χ2n) is 6.79. The van der Waals surface area contributed by atoms with Crippen molar-refractivity contribution < 1.29 is 27.4 Å². The summed E-state index contributed by atoms with van der Waals surface area (Å²) in [4.78, 5) is 12.3. The number of hydrogen-bond donors (Lipinski definition) is 1. The highest BCUT2D eigenvalue weighted by atomic mass is 32.2. The molecule has 1 amide bonds. The Hall–Kier alpha value is -2.94. The van der Waals surface area contributed by atoms with E-state index in [-0.39, 0.29) is 25.7 Å². The first-order chi connectivity index (χ1) is 14.4. The van der Waals surface area contributed by atoms with E-state index < -0.39 is 10.0 Å². The SMILES string of the molecule is CCOc1ccccc1CNC(=O)CCCN(c1ccc2c(c1)OCO2)S(C)(=O)=O. The summed E-state index contributed by atoms with van der Waals surface area (Å²) in [6, 6.07) is 12.5. The van der Waals surface area contributed by atoms with Gasteiger partial charge in [-0.25, -0.2) is 8.42 Å². The molecule has 3 rings (SSSR count). The van der Waals surface area contributed by atoms with Crippen LogP contribution in [0.2, 0.25) is 0 Å². The third kappa shape index (κ3) is 5.56. The lowest BCUT2D eigenvalue weighted by Gasteiger charge is -2.22. The van der Waals surface area contributed by atoms with Gasteiger partial charge in [-0.15, -0.1) is 0 Å². The van der Waals surface area contributed by atoms with Crippen LogP contribution in [0, 0.1) is 0 Å². The largest absolute Gasteiger partial charge is 0.494 e. The van der Waals surface area contributed by atoms with Crippen LogP contribution in [0.5, 0.6) is 17.2 Å². The summed E-state index contributed by atoms with van der Waals surface area (Å²) in [6.45, 7) is 3.10. The molecule has 0 spiro atoms. The van der Waals surface area contributed by atoms with Crippen molar-refractivity contribution >= 4 is 21.6 Å². The van der Waals surface area contributed by atoms with Crippen LogP contribution in [0.25, 0.3) is 0 Å². The summed E-state index contributed by atoms with van der Waals surface area (Å²) in [5.74, 6) is 1.68. The molecule has 1 aliphatic rings. The third-order valence-electron chi connectivity index (χ3n) is 4.56. The van der Waals surface area contributed by atoms with Crippen LogP contribution >= 0.6 is 0 Å². The molecule has 0 radical (unpaired) electrons. The fourth-order valence-corrected chi connectivity index (χ4v) is 4.10. The van der Waals surface area contributed by atoms with Crippen molar-refractivity contribution in [3.05, 3.63) is 48.0 Å². The number of benzene rings is 2. The number of rotatable bonds is 10. The molecule has 0 fully saturated rings. The van der Waals surface area contributed by atoms with Gasteiger partial charge in [-0.05, 0) is 31.5 Å². The normalized spacial score (nSPS) is 12.5. The fourth-order valence-electron chi connectivity index (χ4n) is 3.14. The number of nitrogens with one attached hydrogen (secondary N) is 1. The van der Waals surface area contributed by atoms with Crippen molar-refractivity contribution in [2.24, 2.45) is 0 Å². The van der Waals surface area contributed by atoms with Gasteiger partial charge in [-0.2, -0.15) is 0 Å². The Bertz CT molecular complexity index is 993. The molecule has 8 nitrogen and oxygen atoms in total. The zero-order valence-electron chi connectivity index (χ0n) is 17.1. The lowest BCUT2D eigenvalue weighted by molar-refractivity contribution is -0.121. The summed E-state index contributed by atoms with van der Waals surface area (Å²) >= 11 is 0. The molecule has 1 aliphatic heterocycles. The van der Waals surface area contributed by atoms with E-state index in [2.05, 4.69) is 5.32 Å². The monoisotopic (exact) mass is 434 g/mol. The van der Waals surface area contributed by atoms with Crippen LogP contribution in [0.4, 0.5) is 5.69 Å². The molecule has 0 aliphatic carbocycles. The molecular formula is C21H26N2O6S. The maximum Gasteiger partial charge on any atom is 0.232 e. The lowest BCUT2D eigenvalue weighted by Crippen LogP contribution is -2.32. The first-order valence-corrected chi connectivity index (χ1v) is 11.6. The quantitative estimate of drug-likeness (QED) is 0.618. The number of nitrogens with zero attached hydrogens (tertiary/aromatic N) is 1. The maximum absolute atomic E-state index is 12.3. The highest BCUT2D eigenvalue weighted by Gasteiger charge is 2.21. The molecule has 162 valence electrons. The van der Waals surface area contributed by atoms with Crippen molar-refractivity contribution in [1.29, 1.82) is 0 Å². The van der Waals surface area contributed by atoms with Crippen LogP contribution in [-0.4, -0.2) is 40.5 Å². The number of para-hydroxylation sites is 1. The molecule has 1 heterocycles. The van der Waals surface area contributed by atoms with Crippen LogP contribution in [0.3, 0.4) is 0 Å². The minimum Gasteiger partial charge on any atom is -0.494 e. The van der Waals surface area contributed by atoms with Crippen molar-refractivity contribution in [3.63, 3.8) is 0 Å². The van der Waals surface area contributed by atoms with E-state index in [1.165, 1.54) is 4.31 Å². The molecule has 30 heavy (non-hydrogen) atoms. The highest BCUT2D eigenvalue weighted by Crippen LogP contribution is 2.36. The minimum absolute atomic E-state index is 0.115. The summed E-state index contributed by atoms with van der Waals surface area (Å²) in [6.07, 6.45) is 1.72. The van der Waals surface area contributed by atoms with E-state index in [1.54, 1.807) is 18.2 Å². The minimum atomic E-state index is -3.51. The van der Waals surface area contributed by atoms with Gasteiger partial charge in [-0.3, -0.25) is 9.10 Å². The molecule has 2 aromatic carbocycles. The Balaban J connectivity index is 1.55.